The molecule has 16 heavy (non-hydrogen) atoms. The summed E-state index contributed by atoms with van der Waals surface area (Å²) in [6.45, 7) is 3.20. The van der Waals surface area contributed by atoms with Gasteiger partial charge in [0.2, 0.25) is 0 Å². The molecule has 4 nitrogen and oxygen atoms in total. The van der Waals surface area contributed by atoms with Crippen LogP contribution in [-0.2, 0) is 13.1 Å². The molecule has 0 saturated heterocycles. The number of pyridine rings is 1. The number of imidazole rings is 1. The average Bonchev–Trinajstić information content (AvgIpc) is 2.60. The topological polar surface area (TPSA) is 39.8 Å². The number of nitrogens with zero attached hydrogens (tertiary/aromatic N) is 3. The molecule has 0 atom stereocenters. The lowest BCUT2D eigenvalue weighted by Crippen LogP contribution is -2.23. The van der Waals surface area contributed by atoms with Crippen LogP contribution in [-0.4, -0.2) is 14.1 Å². The summed E-state index contributed by atoms with van der Waals surface area (Å²) in [5.74, 6) is 0. The molecular formula is C11H12BrN3O. The first-order valence-electron chi connectivity index (χ1n) is 5.05. The van der Waals surface area contributed by atoms with E-state index in [4.69, 9.17) is 0 Å². The molecule has 0 aliphatic heterocycles. The average molecular weight is 282 g/mol. The van der Waals surface area contributed by atoms with E-state index in [-0.39, 0.29) is 5.69 Å². The Hall–Kier alpha value is -1.36. The van der Waals surface area contributed by atoms with E-state index in [0.717, 1.165) is 10.0 Å². The van der Waals surface area contributed by atoms with Crippen LogP contribution in [0.4, 0.5) is 0 Å². The van der Waals surface area contributed by atoms with Gasteiger partial charge in [0.25, 0.3) is 0 Å². The lowest BCUT2D eigenvalue weighted by atomic mass is 10.3. The van der Waals surface area contributed by atoms with Gasteiger partial charge in [0, 0.05) is 35.8 Å². The van der Waals surface area contributed by atoms with Crippen LogP contribution >= 0.6 is 15.9 Å². The van der Waals surface area contributed by atoms with Crippen LogP contribution in [0.15, 0.2) is 40.1 Å². The Labute approximate surface area is 102 Å². The van der Waals surface area contributed by atoms with Crippen molar-refractivity contribution in [2.45, 2.75) is 20.0 Å². The van der Waals surface area contributed by atoms with Gasteiger partial charge < -0.3 is 0 Å². The van der Waals surface area contributed by atoms with Gasteiger partial charge in [0.05, 0.1) is 6.54 Å². The number of rotatable bonds is 3. The standard InChI is InChI=1S/C11H12BrN3O/c1-2-14-3-4-15(11(14)16)8-9-5-10(12)7-13-6-9/h3-7H,2,8H2,1H3. The molecule has 0 spiro atoms. The molecule has 0 aliphatic rings. The Kier molecular flexibility index (Phi) is 3.24. The summed E-state index contributed by atoms with van der Waals surface area (Å²) in [4.78, 5) is 15.9. The summed E-state index contributed by atoms with van der Waals surface area (Å²) in [6, 6.07) is 1.96. The molecule has 0 unspecified atom stereocenters. The molecule has 2 aromatic heterocycles. The molecule has 0 saturated carbocycles. The van der Waals surface area contributed by atoms with Crippen molar-refractivity contribution in [1.82, 2.24) is 14.1 Å². The van der Waals surface area contributed by atoms with E-state index in [1.54, 1.807) is 33.9 Å². The molecule has 0 radical (unpaired) electrons. The molecule has 0 N–H and O–H groups in total. The quantitative estimate of drug-likeness (QED) is 0.862. The van der Waals surface area contributed by atoms with Gasteiger partial charge in [-0.25, -0.2) is 4.79 Å². The molecule has 0 aliphatic carbocycles. The Balaban J connectivity index is 2.27. The third-order valence-corrected chi connectivity index (χ3v) is 2.81. The van der Waals surface area contributed by atoms with Gasteiger partial charge in [-0.2, -0.15) is 0 Å². The maximum atomic E-state index is 11.8. The monoisotopic (exact) mass is 281 g/mol. The molecule has 2 heterocycles. The highest BCUT2D eigenvalue weighted by atomic mass is 79.9. The molecule has 0 fully saturated rings. The molecule has 5 heteroatoms. The van der Waals surface area contributed by atoms with Crippen molar-refractivity contribution < 1.29 is 0 Å². The number of hydrogen-bond donors (Lipinski definition) is 0. The summed E-state index contributed by atoms with van der Waals surface area (Å²) < 4.78 is 4.27. The zero-order valence-corrected chi connectivity index (χ0v) is 10.5. The first-order chi connectivity index (χ1) is 7.70. The van der Waals surface area contributed by atoms with Crippen LogP contribution in [0.2, 0.25) is 0 Å². The molecule has 2 rings (SSSR count). The van der Waals surface area contributed by atoms with Gasteiger partial charge in [-0.3, -0.25) is 14.1 Å². The minimum absolute atomic E-state index is 0.0162. The summed E-state index contributed by atoms with van der Waals surface area (Å²) in [7, 11) is 0. The normalized spacial score (nSPS) is 10.6. The van der Waals surface area contributed by atoms with Crippen molar-refractivity contribution in [3.8, 4) is 0 Å². The van der Waals surface area contributed by atoms with E-state index < -0.39 is 0 Å². The van der Waals surface area contributed by atoms with Crippen molar-refractivity contribution in [2.24, 2.45) is 0 Å². The maximum absolute atomic E-state index is 11.8. The molecule has 84 valence electrons. The van der Waals surface area contributed by atoms with Crippen LogP contribution in [0.25, 0.3) is 0 Å². The van der Waals surface area contributed by atoms with Crippen molar-refractivity contribution in [2.75, 3.05) is 0 Å². The summed E-state index contributed by atoms with van der Waals surface area (Å²) in [5.41, 5.74) is 1.02. The van der Waals surface area contributed by atoms with Crippen LogP contribution < -0.4 is 5.69 Å². The van der Waals surface area contributed by atoms with Gasteiger partial charge in [-0.1, -0.05) is 0 Å². The smallest absolute Gasteiger partial charge is 0.300 e. The van der Waals surface area contributed by atoms with E-state index in [9.17, 15) is 4.79 Å². The number of aryl methyl sites for hydroxylation is 1. The van der Waals surface area contributed by atoms with Gasteiger partial charge in [-0.05, 0) is 34.5 Å². The first-order valence-corrected chi connectivity index (χ1v) is 5.85. The maximum Gasteiger partial charge on any atom is 0.328 e. The van der Waals surface area contributed by atoms with E-state index in [1.165, 1.54) is 0 Å². The predicted molar refractivity (Wildman–Crippen MR) is 65.4 cm³/mol. The minimum Gasteiger partial charge on any atom is -0.300 e. The number of halogens is 1. The molecule has 0 amide bonds. The van der Waals surface area contributed by atoms with E-state index in [2.05, 4.69) is 20.9 Å². The molecule has 0 bridgehead atoms. The Morgan fingerprint density at radius 2 is 2.06 bits per heavy atom. The van der Waals surface area contributed by atoms with E-state index in [1.807, 2.05) is 13.0 Å². The van der Waals surface area contributed by atoms with Crippen LogP contribution in [0.1, 0.15) is 12.5 Å². The fourth-order valence-corrected chi connectivity index (χ4v) is 1.97. The van der Waals surface area contributed by atoms with Gasteiger partial charge in [0.15, 0.2) is 0 Å². The van der Waals surface area contributed by atoms with E-state index >= 15 is 0 Å². The Morgan fingerprint density at radius 1 is 1.31 bits per heavy atom. The Morgan fingerprint density at radius 3 is 2.69 bits per heavy atom. The lowest BCUT2D eigenvalue weighted by molar-refractivity contribution is 0.667. The fourth-order valence-electron chi connectivity index (χ4n) is 1.55. The van der Waals surface area contributed by atoms with E-state index in [0.29, 0.717) is 13.1 Å². The molecule has 2 aromatic rings. The largest absolute Gasteiger partial charge is 0.328 e. The third kappa shape index (κ3) is 2.24. The number of hydrogen-bond acceptors (Lipinski definition) is 2. The van der Waals surface area contributed by atoms with Crippen molar-refractivity contribution in [3.63, 3.8) is 0 Å². The SMILES string of the molecule is CCn1ccn(Cc2cncc(Br)c2)c1=O. The molecule has 0 aromatic carbocycles. The second-order valence-corrected chi connectivity index (χ2v) is 4.42. The fraction of sp³-hybridized carbons (Fsp3) is 0.273. The minimum atomic E-state index is 0.0162. The lowest BCUT2D eigenvalue weighted by Gasteiger charge is -2.01. The second-order valence-electron chi connectivity index (χ2n) is 3.51. The van der Waals surface area contributed by atoms with Crippen LogP contribution in [0.5, 0.6) is 0 Å². The highest BCUT2D eigenvalue weighted by Crippen LogP contribution is 2.10. The number of aromatic nitrogens is 3. The van der Waals surface area contributed by atoms with Gasteiger partial charge >= 0.3 is 5.69 Å². The summed E-state index contributed by atoms with van der Waals surface area (Å²) in [5, 5.41) is 0. The molecular weight excluding hydrogens is 270 g/mol. The highest BCUT2D eigenvalue weighted by Gasteiger charge is 2.02. The van der Waals surface area contributed by atoms with Crippen molar-refractivity contribution in [3.05, 3.63) is 51.4 Å². The Bertz CT molecular complexity index is 544. The van der Waals surface area contributed by atoms with Crippen LogP contribution in [0, 0.1) is 0 Å². The van der Waals surface area contributed by atoms with Crippen molar-refractivity contribution in [1.29, 1.82) is 0 Å². The van der Waals surface area contributed by atoms with Gasteiger partial charge in [-0.15, -0.1) is 0 Å². The van der Waals surface area contributed by atoms with Crippen LogP contribution in [0.3, 0.4) is 0 Å². The third-order valence-electron chi connectivity index (χ3n) is 2.37. The van der Waals surface area contributed by atoms with Gasteiger partial charge in [0.1, 0.15) is 0 Å². The van der Waals surface area contributed by atoms with Crippen molar-refractivity contribution >= 4 is 15.9 Å². The zero-order valence-electron chi connectivity index (χ0n) is 8.93. The predicted octanol–water partition coefficient (Wildman–Crippen LogP) is 1.88. The summed E-state index contributed by atoms with van der Waals surface area (Å²) >= 11 is 3.36. The zero-order chi connectivity index (χ0) is 11.5. The summed E-state index contributed by atoms with van der Waals surface area (Å²) in [6.07, 6.45) is 7.09. The first kappa shape index (κ1) is 11.1. The second kappa shape index (κ2) is 4.65. The highest BCUT2D eigenvalue weighted by molar-refractivity contribution is 9.10.